The zero-order valence-electron chi connectivity index (χ0n) is 20.7. The van der Waals surface area contributed by atoms with Crippen molar-refractivity contribution in [1.82, 2.24) is 15.3 Å². The molecule has 1 fully saturated rings. The maximum Gasteiger partial charge on any atom is 0.229 e. The van der Waals surface area contributed by atoms with Crippen LogP contribution in [-0.2, 0) is 11.3 Å². The van der Waals surface area contributed by atoms with E-state index >= 15 is 0 Å². The van der Waals surface area contributed by atoms with Crippen LogP contribution in [0.25, 0.3) is 0 Å². The quantitative estimate of drug-likeness (QED) is 0.453. The summed E-state index contributed by atoms with van der Waals surface area (Å²) < 4.78 is 22.3. The van der Waals surface area contributed by atoms with Crippen molar-refractivity contribution in [2.45, 2.75) is 19.6 Å². The van der Waals surface area contributed by atoms with Gasteiger partial charge in [0.15, 0.2) is 11.5 Å². The Balaban J connectivity index is 1.38. The van der Waals surface area contributed by atoms with Crippen LogP contribution in [0.15, 0.2) is 48.7 Å². The van der Waals surface area contributed by atoms with Crippen molar-refractivity contribution in [3.8, 4) is 17.2 Å². The van der Waals surface area contributed by atoms with Gasteiger partial charge in [-0.05, 0) is 18.6 Å². The van der Waals surface area contributed by atoms with Crippen LogP contribution in [0.3, 0.4) is 0 Å². The van der Waals surface area contributed by atoms with E-state index in [1.807, 2.05) is 18.2 Å². The highest BCUT2D eigenvalue weighted by molar-refractivity contribution is 5.66. The minimum atomic E-state index is 0.0793. The number of methoxy groups -OCH3 is 3. The standard InChI is InChI=1S/C26H33N5O4/c1-18-5-7-19(8-6-18)15-27-16-21-17-31(11-12-35-21)24-9-10-28-26(30-24)29-20-13-22(32-2)25(34-4)23(14-20)33-3/h5-10,13-14,21,27H,11-12,15-17H2,1-4H3,(H,28,29,30). The largest absolute Gasteiger partial charge is 0.493 e. The Hall–Kier alpha value is -3.56. The van der Waals surface area contributed by atoms with Crippen LogP contribution < -0.4 is 29.7 Å². The predicted molar refractivity (Wildman–Crippen MR) is 136 cm³/mol. The second-order valence-electron chi connectivity index (χ2n) is 8.33. The monoisotopic (exact) mass is 479 g/mol. The highest BCUT2D eigenvalue weighted by atomic mass is 16.5. The molecule has 2 N–H and O–H groups in total. The van der Waals surface area contributed by atoms with Crippen molar-refractivity contribution in [3.05, 3.63) is 59.8 Å². The van der Waals surface area contributed by atoms with Crippen LogP contribution in [0.2, 0.25) is 0 Å². The van der Waals surface area contributed by atoms with Gasteiger partial charge in [0.25, 0.3) is 0 Å². The summed E-state index contributed by atoms with van der Waals surface area (Å²) in [5.74, 6) is 2.98. The van der Waals surface area contributed by atoms with Gasteiger partial charge in [0, 0.05) is 50.2 Å². The van der Waals surface area contributed by atoms with Crippen molar-refractivity contribution < 1.29 is 18.9 Å². The summed E-state index contributed by atoms with van der Waals surface area (Å²) in [5.41, 5.74) is 3.27. The van der Waals surface area contributed by atoms with Crippen LogP contribution in [0.5, 0.6) is 17.2 Å². The first kappa shape index (κ1) is 24.6. The Morgan fingerprint density at radius 3 is 2.46 bits per heavy atom. The number of ether oxygens (including phenoxy) is 4. The van der Waals surface area contributed by atoms with Gasteiger partial charge in [-0.3, -0.25) is 0 Å². The van der Waals surface area contributed by atoms with E-state index < -0.39 is 0 Å². The molecule has 1 atom stereocenters. The maximum absolute atomic E-state index is 5.98. The SMILES string of the molecule is COc1cc(Nc2nccc(N3CCOC(CNCc4ccc(C)cc4)C3)n2)cc(OC)c1OC. The van der Waals surface area contributed by atoms with Crippen LogP contribution in [-0.4, -0.2) is 63.6 Å². The molecule has 0 saturated carbocycles. The van der Waals surface area contributed by atoms with E-state index in [4.69, 9.17) is 23.9 Å². The lowest BCUT2D eigenvalue weighted by Gasteiger charge is -2.34. The third-order valence-electron chi connectivity index (χ3n) is 5.85. The molecule has 1 aliphatic heterocycles. The number of anilines is 3. The molecule has 0 amide bonds. The van der Waals surface area contributed by atoms with Gasteiger partial charge in [0.2, 0.25) is 11.7 Å². The number of aromatic nitrogens is 2. The Bertz CT molecular complexity index is 1080. The molecule has 9 heteroatoms. The van der Waals surface area contributed by atoms with E-state index in [1.165, 1.54) is 11.1 Å². The van der Waals surface area contributed by atoms with Gasteiger partial charge in [-0.25, -0.2) is 4.98 Å². The number of rotatable bonds is 10. The maximum atomic E-state index is 5.98. The fraction of sp³-hybridized carbons (Fsp3) is 0.385. The number of nitrogens with zero attached hydrogens (tertiary/aromatic N) is 3. The first-order valence-electron chi connectivity index (χ1n) is 11.6. The molecule has 4 rings (SSSR count). The summed E-state index contributed by atoms with van der Waals surface area (Å²) in [4.78, 5) is 11.3. The summed E-state index contributed by atoms with van der Waals surface area (Å²) in [6.45, 7) is 5.86. The van der Waals surface area contributed by atoms with Gasteiger partial charge in [0.05, 0.1) is 34.0 Å². The van der Waals surface area contributed by atoms with E-state index in [0.717, 1.165) is 37.7 Å². The Morgan fingerprint density at radius 1 is 1.03 bits per heavy atom. The molecule has 0 spiro atoms. The highest BCUT2D eigenvalue weighted by Gasteiger charge is 2.22. The zero-order chi connectivity index (χ0) is 24.6. The minimum Gasteiger partial charge on any atom is -0.493 e. The molecular weight excluding hydrogens is 446 g/mol. The zero-order valence-corrected chi connectivity index (χ0v) is 20.7. The average Bonchev–Trinajstić information content (AvgIpc) is 2.89. The first-order valence-corrected chi connectivity index (χ1v) is 11.6. The molecule has 9 nitrogen and oxygen atoms in total. The molecule has 35 heavy (non-hydrogen) atoms. The van der Waals surface area contributed by atoms with E-state index in [-0.39, 0.29) is 6.10 Å². The van der Waals surface area contributed by atoms with Crippen molar-refractivity contribution in [2.75, 3.05) is 57.8 Å². The number of aryl methyl sites for hydroxylation is 1. The topological polar surface area (TPSA) is 90.0 Å². The van der Waals surface area contributed by atoms with Crippen LogP contribution >= 0.6 is 0 Å². The van der Waals surface area contributed by atoms with Crippen LogP contribution in [0.4, 0.5) is 17.5 Å². The number of benzene rings is 2. The molecule has 3 aromatic rings. The number of nitrogens with one attached hydrogen (secondary N) is 2. The highest BCUT2D eigenvalue weighted by Crippen LogP contribution is 2.40. The van der Waals surface area contributed by atoms with Crippen LogP contribution in [0.1, 0.15) is 11.1 Å². The number of morpholine rings is 1. The lowest BCUT2D eigenvalue weighted by molar-refractivity contribution is 0.0405. The molecule has 0 aliphatic carbocycles. The van der Waals surface area contributed by atoms with Gasteiger partial charge in [-0.1, -0.05) is 29.8 Å². The smallest absolute Gasteiger partial charge is 0.229 e. The molecule has 0 radical (unpaired) electrons. The molecule has 1 aromatic heterocycles. The summed E-state index contributed by atoms with van der Waals surface area (Å²) in [5, 5.41) is 6.75. The predicted octanol–water partition coefficient (Wildman–Crippen LogP) is 3.55. The summed E-state index contributed by atoms with van der Waals surface area (Å²) in [6.07, 6.45) is 1.83. The van der Waals surface area contributed by atoms with Crippen molar-refractivity contribution >= 4 is 17.5 Å². The van der Waals surface area contributed by atoms with Gasteiger partial charge in [-0.15, -0.1) is 0 Å². The van der Waals surface area contributed by atoms with E-state index in [2.05, 4.69) is 51.7 Å². The third kappa shape index (κ3) is 6.32. The molecule has 1 unspecified atom stereocenters. The first-order chi connectivity index (χ1) is 17.1. The Morgan fingerprint density at radius 2 is 1.77 bits per heavy atom. The van der Waals surface area contributed by atoms with Gasteiger partial charge < -0.3 is 34.5 Å². The molecule has 186 valence electrons. The number of hydrogen-bond acceptors (Lipinski definition) is 9. The molecule has 1 aliphatic rings. The fourth-order valence-corrected chi connectivity index (χ4v) is 4.00. The summed E-state index contributed by atoms with van der Waals surface area (Å²) in [6, 6.07) is 14.1. The molecule has 1 saturated heterocycles. The van der Waals surface area contributed by atoms with E-state index in [9.17, 15) is 0 Å². The summed E-state index contributed by atoms with van der Waals surface area (Å²) in [7, 11) is 4.75. The fourth-order valence-electron chi connectivity index (χ4n) is 4.00. The van der Waals surface area contributed by atoms with Gasteiger partial charge in [0.1, 0.15) is 5.82 Å². The number of hydrogen-bond donors (Lipinski definition) is 2. The normalized spacial score (nSPS) is 15.5. The lowest BCUT2D eigenvalue weighted by Crippen LogP contribution is -2.47. The van der Waals surface area contributed by atoms with Crippen molar-refractivity contribution in [3.63, 3.8) is 0 Å². The molecule has 0 bridgehead atoms. The minimum absolute atomic E-state index is 0.0793. The second-order valence-corrected chi connectivity index (χ2v) is 8.33. The van der Waals surface area contributed by atoms with E-state index in [0.29, 0.717) is 29.8 Å². The lowest BCUT2D eigenvalue weighted by atomic mass is 10.1. The third-order valence-corrected chi connectivity index (χ3v) is 5.85. The van der Waals surface area contributed by atoms with E-state index in [1.54, 1.807) is 27.5 Å². The van der Waals surface area contributed by atoms with Crippen LogP contribution in [0, 0.1) is 6.92 Å². The second kappa shape index (κ2) is 11.7. The molecule has 2 aromatic carbocycles. The van der Waals surface area contributed by atoms with Crippen molar-refractivity contribution in [2.24, 2.45) is 0 Å². The Kier molecular flexibility index (Phi) is 8.23. The Labute approximate surface area is 206 Å². The molecule has 2 heterocycles. The average molecular weight is 480 g/mol. The van der Waals surface area contributed by atoms with Gasteiger partial charge in [-0.2, -0.15) is 4.98 Å². The van der Waals surface area contributed by atoms with Gasteiger partial charge >= 0.3 is 0 Å². The molecular formula is C26H33N5O4. The van der Waals surface area contributed by atoms with Crippen molar-refractivity contribution in [1.29, 1.82) is 0 Å². The summed E-state index contributed by atoms with van der Waals surface area (Å²) >= 11 is 0.